The van der Waals surface area contributed by atoms with Gasteiger partial charge in [0.15, 0.2) is 0 Å². The average molecular weight is 363 g/mol. The number of benzene rings is 2. The Labute approximate surface area is 158 Å². The molecule has 5 heteroatoms. The number of amides is 1. The van der Waals surface area contributed by atoms with E-state index in [-0.39, 0.29) is 11.7 Å². The van der Waals surface area contributed by atoms with Gasteiger partial charge in [-0.3, -0.25) is 9.69 Å². The van der Waals surface area contributed by atoms with Gasteiger partial charge >= 0.3 is 0 Å². The second kappa shape index (κ2) is 7.45. The Bertz CT molecular complexity index is 985. The van der Waals surface area contributed by atoms with Crippen molar-refractivity contribution in [2.75, 3.05) is 19.6 Å². The fourth-order valence-electron chi connectivity index (χ4n) is 3.53. The SMILES string of the molecule is Cc1ccc2nc(-c3ccc(F)cc3)c(CN3CCNC(=O)CC3)cc2c1. The number of nitrogens with one attached hydrogen (secondary N) is 1. The van der Waals surface area contributed by atoms with Crippen molar-refractivity contribution in [1.82, 2.24) is 15.2 Å². The largest absolute Gasteiger partial charge is 0.355 e. The molecule has 1 fully saturated rings. The van der Waals surface area contributed by atoms with Gasteiger partial charge in [0.2, 0.25) is 5.91 Å². The summed E-state index contributed by atoms with van der Waals surface area (Å²) in [6, 6.07) is 14.9. The summed E-state index contributed by atoms with van der Waals surface area (Å²) in [4.78, 5) is 18.8. The van der Waals surface area contributed by atoms with E-state index in [4.69, 9.17) is 4.98 Å². The summed E-state index contributed by atoms with van der Waals surface area (Å²) >= 11 is 0. The number of aromatic nitrogens is 1. The third-order valence-electron chi connectivity index (χ3n) is 4.97. The first-order chi connectivity index (χ1) is 13.1. The highest BCUT2D eigenvalue weighted by Gasteiger charge is 2.17. The van der Waals surface area contributed by atoms with Gasteiger partial charge in [0, 0.05) is 43.5 Å². The molecule has 0 saturated carbocycles. The topological polar surface area (TPSA) is 45.2 Å². The molecule has 27 heavy (non-hydrogen) atoms. The highest BCUT2D eigenvalue weighted by atomic mass is 19.1. The molecule has 2 aromatic carbocycles. The second-order valence-corrected chi connectivity index (χ2v) is 7.08. The van der Waals surface area contributed by atoms with Crippen LogP contribution in [0.25, 0.3) is 22.2 Å². The van der Waals surface area contributed by atoms with Crippen molar-refractivity contribution in [1.29, 1.82) is 0 Å². The second-order valence-electron chi connectivity index (χ2n) is 7.08. The van der Waals surface area contributed by atoms with Gasteiger partial charge in [-0.05, 0) is 55.0 Å². The molecule has 1 aliphatic heterocycles. The van der Waals surface area contributed by atoms with Crippen LogP contribution < -0.4 is 5.32 Å². The Morgan fingerprint density at radius 1 is 1.11 bits per heavy atom. The van der Waals surface area contributed by atoms with Gasteiger partial charge in [-0.25, -0.2) is 9.37 Å². The van der Waals surface area contributed by atoms with Gasteiger partial charge in [0.25, 0.3) is 0 Å². The zero-order valence-electron chi connectivity index (χ0n) is 15.3. The van der Waals surface area contributed by atoms with E-state index < -0.39 is 0 Å². The fourth-order valence-corrected chi connectivity index (χ4v) is 3.53. The summed E-state index contributed by atoms with van der Waals surface area (Å²) in [5.41, 5.74) is 4.98. The van der Waals surface area contributed by atoms with E-state index in [1.54, 1.807) is 12.1 Å². The van der Waals surface area contributed by atoms with Crippen molar-refractivity contribution >= 4 is 16.8 Å². The number of carbonyl (C=O) groups is 1. The average Bonchev–Trinajstić information content (AvgIpc) is 2.86. The third kappa shape index (κ3) is 3.98. The van der Waals surface area contributed by atoms with Crippen LogP contribution in [0.15, 0.2) is 48.5 Å². The number of nitrogens with zero attached hydrogens (tertiary/aromatic N) is 2. The summed E-state index contributed by atoms with van der Waals surface area (Å²) in [5.74, 6) is -0.155. The van der Waals surface area contributed by atoms with Gasteiger partial charge < -0.3 is 5.32 Å². The number of halogens is 1. The van der Waals surface area contributed by atoms with E-state index in [1.165, 1.54) is 17.7 Å². The molecule has 2 heterocycles. The Hall–Kier alpha value is -2.79. The Balaban J connectivity index is 1.76. The molecule has 0 bridgehead atoms. The van der Waals surface area contributed by atoms with Crippen molar-refractivity contribution in [3.05, 3.63) is 65.5 Å². The molecule has 138 valence electrons. The Morgan fingerprint density at radius 2 is 1.93 bits per heavy atom. The van der Waals surface area contributed by atoms with E-state index in [0.717, 1.165) is 40.8 Å². The number of aryl methyl sites for hydroxylation is 1. The molecular formula is C22H22FN3O. The van der Waals surface area contributed by atoms with Gasteiger partial charge in [0.05, 0.1) is 11.2 Å². The minimum atomic E-state index is -0.256. The molecule has 0 atom stereocenters. The number of carbonyl (C=O) groups excluding carboxylic acids is 1. The lowest BCUT2D eigenvalue weighted by molar-refractivity contribution is -0.120. The molecule has 1 saturated heterocycles. The maximum Gasteiger partial charge on any atom is 0.221 e. The zero-order chi connectivity index (χ0) is 18.8. The predicted octanol–water partition coefficient (Wildman–Crippen LogP) is 3.67. The summed E-state index contributed by atoms with van der Waals surface area (Å²) in [7, 11) is 0. The first-order valence-electron chi connectivity index (χ1n) is 9.24. The zero-order valence-corrected chi connectivity index (χ0v) is 15.3. The van der Waals surface area contributed by atoms with Crippen LogP contribution in [0.1, 0.15) is 17.5 Å². The number of hydrogen-bond donors (Lipinski definition) is 1. The molecule has 0 spiro atoms. The molecule has 1 amide bonds. The quantitative estimate of drug-likeness (QED) is 0.772. The Morgan fingerprint density at radius 3 is 2.74 bits per heavy atom. The van der Waals surface area contributed by atoms with Crippen molar-refractivity contribution in [3.8, 4) is 11.3 Å². The van der Waals surface area contributed by atoms with Crippen molar-refractivity contribution in [2.24, 2.45) is 0 Å². The van der Waals surface area contributed by atoms with E-state index in [0.29, 0.717) is 19.5 Å². The van der Waals surface area contributed by atoms with Crippen LogP contribution in [-0.4, -0.2) is 35.4 Å². The van der Waals surface area contributed by atoms with Gasteiger partial charge in [-0.1, -0.05) is 11.6 Å². The van der Waals surface area contributed by atoms with Gasteiger partial charge in [-0.15, -0.1) is 0 Å². The molecule has 1 aromatic heterocycles. The first-order valence-corrected chi connectivity index (χ1v) is 9.24. The smallest absolute Gasteiger partial charge is 0.221 e. The monoisotopic (exact) mass is 363 g/mol. The molecule has 1 aliphatic rings. The van der Waals surface area contributed by atoms with Crippen LogP contribution in [-0.2, 0) is 11.3 Å². The summed E-state index contributed by atoms with van der Waals surface area (Å²) in [5, 5.41) is 4.01. The highest BCUT2D eigenvalue weighted by molar-refractivity contribution is 5.84. The van der Waals surface area contributed by atoms with Crippen LogP contribution in [0.4, 0.5) is 4.39 Å². The van der Waals surface area contributed by atoms with E-state index in [9.17, 15) is 9.18 Å². The van der Waals surface area contributed by atoms with Gasteiger partial charge in [-0.2, -0.15) is 0 Å². The summed E-state index contributed by atoms with van der Waals surface area (Å²) in [6.07, 6.45) is 0.506. The summed E-state index contributed by atoms with van der Waals surface area (Å²) in [6.45, 7) is 4.96. The number of pyridine rings is 1. The molecule has 0 aliphatic carbocycles. The predicted molar refractivity (Wildman–Crippen MR) is 105 cm³/mol. The van der Waals surface area contributed by atoms with Crippen molar-refractivity contribution < 1.29 is 9.18 Å². The van der Waals surface area contributed by atoms with Crippen molar-refractivity contribution in [3.63, 3.8) is 0 Å². The lowest BCUT2D eigenvalue weighted by Gasteiger charge is -2.21. The van der Waals surface area contributed by atoms with Crippen LogP contribution in [0.2, 0.25) is 0 Å². The minimum absolute atomic E-state index is 0.100. The Kier molecular flexibility index (Phi) is 4.86. The van der Waals surface area contributed by atoms with E-state index in [1.807, 2.05) is 6.07 Å². The van der Waals surface area contributed by atoms with Crippen molar-refractivity contribution in [2.45, 2.75) is 19.9 Å². The number of hydrogen-bond acceptors (Lipinski definition) is 3. The maximum atomic E-state index is 13.4. The third-order valence-corrected chi connectivity index (χ3v) is 4.97. The highest BCUT2D eigenvalue weighted by Crippen LogP contribution is 2.28. The van der Waals surface area contributed by atoms with E-state index >= 15 is 0 Å². The normalized spacial score (nSPS) is 15.6. The molecule has 3 aromatic rings. The van der Waals surface area contributed by atoms with Crippen LogP contribution in [0.3, 0.4) is 0 Å². The standard InChI is InChI=1S/C22H22FN3O/c1-15-2-7-20-17(12-15)13-18(14-26-10-8-21(27)24-9-11-26)22(25-20)16-3-5-19(23)6-4-16/h2-7,12-13H,8-11,14H2,1H3,(H,24,27). The molecule has 4 rings (SSSR count). The van der Waals surface area contributed by atoms with E-state index in [2.05, 4.69) is 35.3 Å². The fraction of sp³-hybridized carbons (Fsp3) is 0.273. The molecule has 0 unspecified atom stereocenters. The minimum Gasteiger partial charge on any atom is -0.355 e. The van der Waals surface area contributed by atoms with Crippen LogP contribution in [0, 0.1) is 12.7 Å². The van der Waals surface area contributed by atoms with Gasteiger partial charge in [0.1, 0.15) is 5.82 Å². The molecule has 1 N–H and O–H groups in total. The molecular weight excluding hydrogens is 341 g/mol. The molecule has 4 nitrogen and oxygen atoms in total. The van der Waals surface area contributed by atoms with Crippen LogP contribution >= 0.6 is 0 Å². The first kappa shape index (κ1) is 17.6. The summed E-state index contributed by atoms with van der Waals surface area (Å²) < 4.78 is 13.4. The molecule has 0 radical (unpaired) electrons. The lowest BCUT2D eigenvalue weighted by atomic mass is 10.0. The lowest BCUT2D eigenvalue weighted by Crippen LogP contribution is -2.28. The number of fused-ring (bicyclic) bond motifs is 1. The number of rotatable bonds is 3. The maximum absolute atomic E-state index is 13.4. The van der Waals surface area contributed by atoms with Crippen LogP contribution in [0.5, 0.6) is 0 Å².